The monoisotopic (exact) mass is 197 g/mol. The van der Waals surface area contributed by atoms with Gasteiger partial charge >= 0.3 is 5.97 Å². The second-order valence-electron chi connectivity index (χ2n) is 2.68. The predicted octanol–water partition coefficient (Wildman–Crippen LogP) is -0.383. The first-order chi connectivity index (χ1) is 6.65. The number of aromatic hydroxyl groups is 1. The molecule has 0 unspecified atom stereocenters. The van der Waals surface area contributed by atoms with Crippen molar-refractivity contribution in [2.45, 2.75) is 6.04 Å². The number of esters is 1. The molecular formula is C9H11NO4. The van der Waals surface area contributed by atoms with Gasteiger partial charge in [-0.2, -0.15) is 0 Å². The molecule has 0 radical (unpaired) electrons. The van der Waals surface area contributed by atoms with Gasteiger partial charge in [0.25, 0.3) is 0 Å². The van der Waals surface area contributed by atoms with E-state index in [1.165, 1.54) is 12.1 Å². The van der Waals surface area contributed by atoms with Crippen LogP contribution in [0.15, 0.2) is 24.3 Å². The van der Waals surface area contributed by atoms with Crippen LogP contribution >= 0.6 is 0 Å². The van der Waals surface area contributed by atoms with E-state index in [2.05, 4.69) is 0 Å². The van der Waals surface area contributed by atoms with Crippen LogP contribution in [0.5, 0.6) is 11.5 Å². The topological polar surface area (TPSA) is 92.8 Å². The average Bonchev–Trinajstić information content (AvgIpc) is 2.20. The number of carbonyl (C=O) groups is 1. The summed E-state index contributed by atoms with van der Waals surface area (Å²) < 4.78 is 4.72. The lowest BCUT2D eigenvalue weighted by Crippen LogP contribution is -2.37. The highest BCUT2D eigenvalue weighted by Gasteiger charge is 2.15. The van der Waals surface area contributed by atoms with Gasteiger partial charge in [-0.3, -0.25) is 0 Å². The Morgan fingerprint density at radius 3 is 2.71 bits per heavy atom. The first-order valence-electron chi connectivity index (χ1n) is 4.01. The van der Waals surface area contributed by atoms with Crippen molar-refractivity contribution in [2.75, 3.05) is 6.61 Å². The van der Waals surface area contributed by atoms with Crippen LogP contribution in [0, 0.1) is 0 Å². The van der Waals surface area contributed by atoms with Gasteiger partial charge in [0.1, 0.15) is 6.04 Å². The minimum Gasteiger partial charge on any atom is -0.504 e. The Morgan fingerprint density at radius 2 is 2.14 bits per heavy atom. The molecule has 0 bridgehead atoms. The molecule has 0 heterocycles. The number of aliphatic hydroxyl groups excluding tert-OH is 1. The van der Waals surface area contributed by atoms with Crippen LogP contribution in [0.2, 0.25) is 0 Å². The van der Waals surface area contributed by atoms with Gasteiger partial charge in [0, 0.05) is 0 Å². The molecule has 1 aromatic carbocycles. The molecule has 0 aliphatic carbocycles. The molecule has 5 heteroatoms. The van der Waals surface area contributed by atoms with Crippen molar-refractivity contribution in [1.29, 1.82) is 0 Å². The van der Waals surface area contributed by atoms with Gasteiger partial charge < -0.3 is 20.7 Å². The van der Waals surface area contributed by atoms with Gasteiger partial charge in [-0.05, 0) is 12.1 Å². The molecule has 0 spiro atoms. The minimum atomic E-state index is -1.09. The zero-order chi connectivity index (χ0) is 10.6. The normalized spacial score (nSPS) is 12.1. The van der Waals surface area contributed by atoms with Gasteiger partial charge in [0.05, 0.1) is 6.61 Å². The second kappa shape index (κ2) is 4.59. The van der Waals surface area contributed by atoms with E-state index in [1.54, 1.807) is 12.1 Å². The van der Waals surface area contributed by atoms with E-state index in [1.807, 2.05) is 0 Å². The molecular weight excluding hydrogens is 186 g/mol. The Hall–Kier alpha value is -1.59. The number of aliphatic hydroxyl groups is 1. The minimum absolute atomic E-state index is 0.0291. The van der Waals surface area contributed by atoms with E-state index in [0.717, 1.165) is 0 Å². The Bertz CT molecular complexity index is 326. The summed E-state index contributed by atoms with van der Waals surface area (Å²) in [6.45, 7) is -0.494. The Morgan fingerprint density at radius 1 is 1.50 bits per heavy atom. The summed E-state index contributed by atoms with van der Waals surface area (Å²) >= 11 is 0. The third-order valence-corrected chi connectivity index (χ3v) is 1.58. The molecule has 76 valence electrons. The van der Waals surface area contributed by atoms with Crippen LogP contribution in [-0.4, -0.2) is 28.8 Å². The standard InChI is InChI=1S/C9H11NO4/c10-6(5-11)9(13)14-8-4-2-1-3-7(8)12/h1-4,6,11-12H,5,10H2/t6-/m0/s1. The molecule has 1 atom stereocenters. The van der Waals surface area contributed by atoms with Crippen LogP contribution in [0.25, 0.3) is 0 Å². The molecule has 0 saturated heterocycles. The van der Waals surface area contributed by atoms with Crippen molar-refractivity contribution in [3.63, 3.8) is 0 Å². The molecule has 1 rings (SSSR count). The summed E-state index contributed by atoms with van der Waals surface area (Å²) in [5.74, 6) is -0.901. The van der Waals surface area contributed by atoms with Crippen molar-refractivity contribution in [3.8, 4) is 11.5 Å². The fourth-order valence-corrected chi connectivity index (χ4v) is 0.802. The van der Waals surface area contributed by atoms with Gasteiger partial charge in [-0.1, -0.05) is 12.1 Å². The SMILES string of the molecule is N[C@@H](CO)C(=O)Oc1ccccc1O. The number of nitrogens with two attached hydrogens (primary N) is 1. The Balaban J connectivity index is 2.70. The van der Waals surface area contributed by atoms with Gasteiger partial charge in [-0.15, -0.1) is 0 Å². The van der Waals surface area contributed by atoms with Crippen LogP contribution in [0.4, 0.5) is 0 Å². The third-order valence-electron chi connectivity index (χ3n) is 1.58. The average molecular weight is 197 g/mol. The number of hydrogen-bond donors (Lipinski definition) is 3. The Labute approximate surface area is 80.7 Å². The Kier molecular flexibility index (Phi) is 3.44. The lowest BCUT2D eigenvalue weighted by atomic mass is 10.3. The second-order valence-corrected chi connectivity index (χ2v) is 2.68. The van der Waals surface area contributed by atoms with Gasteiger partial charge in [-0.25, -0.2) is 4.79 Å². The van der Waals surface area contributed by atoms with Crippen LogP contribution < -0.4 is 10.5 Å². The summed E-state index contributed by atoms with van der Waals surface area (Å²) in [6, 6.07) is 4.92. The molecule has 0 fully saturated rings. The highest BCUT2D eigenvalue weighted by molar-refractivity contribution is 5.78. The molecule has 0 aliphatic heterocycles. The molecule has 1 aromatic rings. The van der Waals surface area contributed by atoms with Crippen LogP contribution in [0.1, 0.15) is 0 Å². The third kappa shape index (κ3) is 2.45. The summed E-state index contributed by atoms with van der Waals surface area (Å²) in [7, 11) is 0. The number of phenols is 1. The van der Waals surface area contributed by atoms with Crippen molar-refractivity contribution in [3.05, 3.63) is 24.3 Å². The number of ether oxygens (including phenoxy) is 1. The lowest BCUT2D eigenvalue weighted by Gasteiger charge is -2.08. The van der Waals surface area contributed by atoms with E-state index >= 15 is 0 Å². The fraction of sp³-hybridized carbons (Fsp3) is 0.222. The lowest BCUT2D eigenvalue weighted by molar-refractivity contribution is -0.136. The first kappa shape index (κ1) is 10.5. The van der Waals surface area contributed by atoms with Crippen molar-refractivity contribution in [1.82, 2.24) is 0 Å². The summed E-state index contributed by atoms with van der Waals surface area (Å²) in [6.07, 6.45) is 0. The molecule has 4 N–H and O–H groups in total. The quantitative estimate of drug-likeness (QED) is 0.453. The maximum absolute atomic E-state index is 11.1. The number of rotatable bonds is 3. The summed E-state index contributed by atoms with van der Waals surface area (Å²) in [4.78, 5) is 11.1. The number of para-hydroxylation sites is 2. The molecule has 0 amide bonds. The molecule has 0 aliphatic rings. The number of carbonyl (C=O) groups excluding carboxylic acids is 1. The number of benzene rings is 1. The predicted molar refractivity (Wildman–Crippen MR) is 48.8 cm³/mol. The smallest absolute Gasteiger partial charge is 0.330 e. The molecule has 0 saturated carbocycles. The van der Waals surface area contributed by atoms with E-state index < -0.39 is 18.6 Å². The van der Waals surface area contributed by atoms with Crippen molar-refractivity contribution in [2.24, 2.45) is 5.73 Å². The summed E-state index contributed by atoms with van der Waals surface area (Å²) in [5.41, 5.74) is 5.21. The molecule has 0 aromatic heterocycles. The molecule has 5 nitrogen and oxygen atoms in total. The summed E-state index contributed by atoms with van der Waals surface area (Å²) in [5, 5.41) is 17.8. The fourth-order valence-electron chi connectivity index (χ4n) is 0.802. The van der Waals surface area contributed by atoms with Crippen LogP contribution in [0.3, 0.4) is 0 Å². The van der Waals surface area contributed by atoms with E-state index in [-0.39, 0.29) is 11.5 Å². The largest absolute Gasteiger partial charge is 0.504 e. The van der Waals surface area contributed by atoms with E-state index in [9.17, 15) is 9.90 Å². The van der Waals surface area contributed by atoms with Crippen molar-refractivity contribution < 1.29 is 19.7 Å². The highest BCUT2D eigenvalue weighted by Crippen LogP contribution is 2.24. The number of hydrogen-bond acceptors (Lipinski definition) is 5. The zero-order valence-electron chi connectivity index (χ0n) is 7.38. The van der Waals surface area contributed by atoms with E-state index in [4.69, 9.17) is 15.6 Å². The highest BCUT2D eigenvalue weighted by atomic mass is 16.5. The van der Waals surface area contributed by atoms with Gasteiger partial charge in [0.15, 0.2) is 11.5 Å². The maximum Gasteiger partial charge on any atom is 0.330 e. The number of phenolic OH excluding ortho intramolecular Hbond substituents is 1. The van der Waals surface area contributed by atoms with Crippen LogP contribution in [-0.2, 0) is 4.79 Å². The molecule has 14 heavy (non-hydrogen) atoms. The maximum atomic E-state index is 11.1. The first-order valence-corrected chi connectivity index (χ1v) is 4.01. The van der Waals surface area contributed by atoms with Gasteiger partial charge in [0.2, 0.25) is 0 Å². The van der Waals surface area contributed by atoms with E-state index in [0.29, 0.717) is 0 Å². The van der Waals surface area contributed by atoms with Crippen molar-refractivity contribution >= 4 is 5.97 Å². The zero-order valence-corrected chi connectivity index (χ0v) is 7.38.